The van der Waals surface area contributed by atoms with Gasteiger partial charge in [0.1, 0.15) is 16.8 Å². The maximum Gasteiger partial charge on any atom is 0.514 e. The first kappa shape index (κ1) is 28.9. The van der Waals surface area contributed by atoms with E-state index >= 15 is 0 Å². The molecule has 1 heterocycles. The monoisotopic (exact) mass is 530 g/mol. The van der Waals surface area contributed by atoms with Crippen LogP contribution >= 0.6 is 0 Å². The Morgan fingerprint density at radius 2 is 1.63 bits per heavy atom. The average molecular weight is 530 g/mol. The van der Waals surface area contributed by atoms with Crippen molar-refractivity contribution in [1.29, 1.82) is 0 Å². The molecule has 1 aromatic rings. The largest absolute Gasteiger partial charge is 0.514 e. The molecule has 1 unspecified atom stereocenters. The van der Waals surface area contributed by atoms with Gasteiger partial charge in [0.25, 0.3) is 0 Å². The van der Waals surface area contributed by atoms with Crippen LogP contribution in [0.3, 0.4) is 0 Å². The number of carbonyl (C=O) groups excluding carboxylic acids is 2. The summed E-state index contributed by atoms with van der Waals surface area (Å²) in [5, 5.41) is 0. The van der Waals surface area contributed by atoms with Crippen molar-refractivity contribution in [2.24, 2.45) is 17.3 Å². The summed E-state index contributed by atoms with van der Waals surface area (Å²) in [6.07, 6.45) is 1.52. The summed E-state index contributed by atoms with van der Waals surface area (Å²) in [6.45, 7) is 17.5. The molecule has 5 rings (SSSR count). The molecule has 210 valence electrons. The quantitative estimate of drug-likeness (QED) is 0.255. The highest BCUT2D eigenvalue weighted by Gasteiger charge is 2.67. The van der Waals surface area contributed by atoms with E-state index in [-0.39, 0.29) is 35.0 Å². The predicted molar refractivity (Wildman–Crippen MR) is 143 cm³/mol. The topological polar surface area (TPSA) is 89.5 Å². The normalized spacial score (nSPS) is 27.8. The van der Waals surface area contributed by atoms with Crippen molar-refractivity contribution in [3.63, 3.8) is 0 Å². The average Bonchev–Trinajstić information content (AvgIpc) is 3.08. The Morgan fingerprint density at radius 1 is 1.00 bits per heavy atom. The summed E-state index contributed by atoms with van der Waals surface area (Å²) in [4.78, 5) is 26.3. The molecule has 0 spiro atoms. The fraction of sp³-hybridized carbons (Fsp3) is 0.724. The molecule has 8 nitrogen and oxygen atoms in total. The van der Waals surface area contributed by atoms with Crippen LogP contribution in [0.1, 0.15) is 96.6 Å². The van der Waals surface area contributed by atoms with Gasteiger partial charge in [-0.3, -0.25) is 0 Å². The minimum absolute atomic E-state index is 0.0117. The highest BCUT2D eigenvalue weighted by molar-refractivity contribution is 6.45. The van der Waals surface area contributed by atoms with Crippen LogP contribution in [0, 0.1) is 17.3 Å². The summed E-state index contributed by atoms with van der Waals surface area (Å²) >= 11 is 0. The minimum atomic E-state index is -0.908. The number of esters is 1. The Hall–Kier alpha value is -2.10. The van der Waals surface area contributed by atoms with E-state index in [0.29, 0.717) is 29.3 Å². The molecule has 4 atom stereocenters. The molecule has 38 heavy (non-hydrogen) atoms. The van der Waals surface area contributed by atoms with Crippen LogP contribution in [0.2, 0.25) is 0 Å². The van der Waals surface area contributed by atoms with Gasteiger partial charge in [-0.25, -0.2) is 9.59 Å². The van der Waals surface area contributed by atoms with Crippen LogP contribution in [0.5, 0.6) is 5.75 Å². The van der Waals surface area contributed by atoms with Crippen molar-refractivity contribution in [3.05, 3.63) is 28.8 Å². The summed E-state index contributed by atoms with van der Waals surface area (Å²) in [5.74, 6) is 0.523. The highest BCUT2D eigenvalue weighted by Crippen LogP contribution is 2.65. The van der Waals surface area contributed by atoms with E-state index in [2.05, 4.69) is 20.8 Å². The van der Waals surface area contributed by atoms with Crippen molar-refractivity contribution in [1.82, 2.24) is 0 Å². The van der Waals surface area contributed by atoms with Gasteiger partial charge in [-0.05, 0) is 89.7 Å². The lowest BCUT2D eigenvalue weighted by atomic mass is 9.43. The molecule has 4 aliphatic rings. The van der Waals surface area contributed by atoms with Crippen LogP contribution in [0.4, 0.5) is 4.79 Å². The summed E-state index contributed by atoms with van der Waals surface area (Å²) in [7, 11) is 0.997. The van der Waals surface area contributed by atoms with Gasteiger partial charge in [-0.1, -0.05) is 26.0 Å². The first-order valence-electron chi connectivity index (χ1n) is 13.6. The number of rotatable bonds is 6. The number of carbonyl (C=O) groups is 2. The maximum absolute atomic E-state index is 13.4. The Bertz CT molecular complexity index is 1090. The number of ether oxygens (including phenoxy) is 4. The standard InChI is InChI=1S/C29H43BO8/c1-26(2,3)35-24(31)22-18(16-33-10)12-11-17(23(22)34-25(32)36-27(4,5)6)15-30-37-21-14-19-13-20(28(19,7)8)29(21,9)38-30/h11-12,19-21H,13-16H2,1-10H3/t19-,20-,21?,29+/m1/s1. The van der Waals surface area contributed by atoms with Gasteiger partial charge < -0.3 is 28.3 Å². The van der Waals surface area contributed by atoms with Crippen LogP contribution < -0.4 is 4.74 Å². The summed E-state index contributed by atoms with van der Waals surface area (Å²) in [6, 6.07) is 3.62. The molecular formula is C29H43BO8. The number of hydrogen-bond acceptors (Lipinski definition) is 8. The minimum Gasteiger partial charge on any atom is -0.456 e. The lowest BCUT2D eigenvalue weighted by Gasteiger charge is -2.64. The van der Waals surface area contributed by atoms with Crippen molar-refractivity contribution >= 4 is 19.2 Å². The third kappa shape index (κ3) is 5.61. The zero-order chi connectivity index (χ0) is 28.3. The van der Waals surface area contributed by atoms with Gasteiger partial charge in [0.2, 0.25) is 0 Å². The lowest BCUT2D eigenvalue weighted by molar-refractivity contribution is -0.199. The van der Waals surface area contributed by atoms with Crippen molar-refractivity contribution in [3.8, 4) is 5.75 Å². The smallest absolute Gasteiger partial charge is 0.456 e. The van der Waals surface area contributed by atoms with Gasteiger partial charge in [-0.15, -0.1) is 0 Å². The van der Waals surface area contributed by atoms with E-state index in [1.54, 1.807) is 47.6 Å². The molecule has 1 aromatic carbocycles. The SMILES string of the molecule is COCc1ccc(CB2OC3C[C@H]4C[C@H](C4(C)C)[C@]3(C)O2)c(OC(=O)OC(C)(C)C)c1C(=O)OC(C)(C)C. The van der Waals surface area contributed by atoms with E-state index in [1.807, 2.05) is 6.07 Å². The third-order valence-corrected chi connectivity index (χ3v) is 8.19. The lowest BCUT2D eigenvalue weighted by Crippen LogP contribution is -2.65. The second-order valence-electron chi connectivity index (χ2n) is 13.7. The van der Waals surface area contributed by atoms with E-state index in [1.165, 1.54) is 7.11 Å². The fourth-order valence-corrected chi connectivity index (χ4v) is 6.34. The summed E-state index contributed by atoms with van der Waals surface area (Å²) in [5.41, 5.74) is -0.413. The van der Waals surface area contributed by atoms with E-state index < -0.39 is 30.4 Å². The zero-order valence-electron chi connectivity index (χ0n) is 24.6. The van der Waals surface area contributed by atoms with Gasteiger partial charge in [0, 0.05) is 13.4 Å². The van der Waals surface area contributed by atoms with Crippen LogP contribution in [0.25, 0.3) is 0 Å². The van der Waals surface area contributed by atoms with Gasteiger partial charge in [0.05, 0.1) is 18.3 Å². The molecule has 0 amide bonds. The Kier molecular flexibility index (Phi) is 7.47. The van der Waals surface area contributed by atoms with Crippen molar-refractivity contribution < 1.29 is 37.8 Å². The second-order valence-corrected chi connectivity index (χ2v) is 13.7. The molecule has 1 saturated heterocycles. The molecule has 2 bridgehead atoms. The maximum atomic E-state index is 13.4. The predicted octanol–water partition coefficient (Wildman–Crippen LogP) is 5.91. The molecule has 9 heteroatoms. The molecule has 1 aliphatic heterocycles. The van der Waals surface area contributed by atoms with Crippen molar-refractivity contribution in [2.45, 2.75) is 111 Å². The van der Waals surface area contributed by atoms with Crippen LogP contribution in [-0.2, 0) is 36.4 Å². The van der Waals surface area contributed by atoms with Crippen molar-refractivity contribution in [2.75, 3.05) is 7.11 Å². The first-order chi connectivity index (χ1) is 17.4. The summed E-state index contributed by atoms with van der Waals surface area (Å²) < 4.78 is 35.3. The molecule has 0 aromatic heterocycles. The highest BCUT2D eigenvalue weighted by atomic mass is 16.7. The number of methoxy groups -OCH3 is 1. The Morgan fingerprint density at radius 3 is 2.21 bits per heavy atom. The molecular weight excluding hydrogens is 487 g/mol. The Balaban J connectivity index is 1.69. The second kappa shape index (κ2) is 9.83. The number of benzene rings is 1. The van der Waals surface area contributed by atoms with Crippen LogP contribution in [0.15, 0.2) is 12.1 Å². The van der Waals surface area contributed by atoms with Crippen LogP contribution in [-0.4, -0.2) is 49.3 Å². The van der Waals surface area contributed by atoms with Gasteiger partial charge in [0.15, 0.2) is 5.75 Å². The molecule has 0 N–H and O–H groups in total. The zero-order valence-corrected chi connectivity index (χ0v) is 24.6. The molecule has 4 fully saturated rings. The first-order valence-corrected chi connectivity index (χ1v) is 13.6. The van der Waals surface area contributed by atoms with E-state index in [4.69, 9.17) is 28.3 Å². The van der Waals surface area contributed by atoms with Gasteiger partial charge >= 0.3 is 19.2 Å². The molecule has 3 aliphatic carbocycles. The molecule has 0 radical (unpaired) electrons. The molecule has 3 saturated carbocycles. The van der Waals surface area contributed by atoms with Gasteiger partial charge in [-0.2, -0.15) is 0 Å². The Labute approximate surface area is 227 Å². The fourth-order valence-electron chi connectivity index (χ4n) is 6.34. The number of hydrogen-bond donors (Lipinski definition) is 0. The van der Waals surface area contributed by atoms with E-state index in [0.717, 1.165) is 12.8 Å². The third-order valence-electron chi connectivity index (χ3n) is 8.19. The van der Waals surface area contributed by atoms with E-state index in [9.17, 15) is 9.59 Å².